The van der Waals surface area contributed by atoms with Crippen molar-refractivity contribution in [1.82, 2.24) is 15.5 Å². The minimum atomic E-state index is -0.894. The molecule has 1 heterocycles. The molecule has 1 atom stereocenters. The van der Waals surface area contributed by atoms with E-state index in [2.05, 4.69) is 15.5 Å². The molecule has 19 heavy (non-hydrogen) atoms. The summed E-state index contributed by atoms with van der Waals surface area (Å²) in [5.74, 6) is -1.05. The molecule has 0 bridgehead atoms. The van der Waals surface area contributed by atoms with E-state index in [-0.39, 0.29) is 24.8 Å². The number of aryl methyl sites for hydroxylation is 2. The summed E-state index contributed by atoms with van der Waals surface area (Å²) in [5.41, 5.74) is 2.55. The Kier molecular flexibility index (Phi) is 5.54. The summed E-state index contributed by atoms with van der Waals surface area (Å²) in [6.45, 7) is 5.67. The Hall–Kier alpha value is -1.85. The molecular formula is C13H21N3O3. The zero-order chi connectivity index (χ0) is 14.4. The molecule has 0 saturated heterocycles. The van der Waals surface area contributed by atoms with Crippen molar-refractivity contribution in [3.8, 4) is 0 Å². The minimum absolute atomic E-state index is 0.0388. The van der Waals surface area contributed by atoms with Crippen LogP contribution in [0.15, 0.2) is 0 Å². The smallest absolute Gasteiger partial charge is 0.305 e. The molecule has 0 aliphatic carbocycles. The standard InChI is InChI=1S/C13H21N3O3/c1-4-5-10(6-13(18)19)14-12(17)7-11-8(2)15-16-9(11)3/h10H,4-7H2,1-3H3,(H,14,17)(H,15,16)(H,18,19)/t10-/m1/s1. The number of hydrogen-bond donors (Lipinski definition) is 3. The first-order valence-electron chi connectivity index (χ1n) is 6.45. The Balaban J connectivity index is 2.60. The first kappa shape index (κ1) is 15.2. The van der Waals surface area contributed by atoms with E-state index in [0.717, 1.165) is 23.4 Å². The summed E-state index contributed by atoms with van der Waals surface area (Å²) in [4.78, 5) is 22.7. The number of carbonyl (C=O) groups excluding carboxylic acids is 1. The average Bonchev–Trinajstić information content (AvgIpc) is 2.60. The molecule has 0 spiro atoms. The van der Waals surface area contributed by atoms with Crippen LogP contribution >= 0.6 is 0 Å². The fourth-order valence-corrected chi connectivity index (χ4v) is 2.06. The van der Waals surface area contributed by atoms with Gasteiger partial charge in [0.15, 0.2) is 0 Å². The molecule has 1 aromatic heterocycles. The molecule has 0 saturated carbocycles. The van der Waals surface area contributed by atoms with E-state index in [0.29, 0.717) is 6.42 Å². The number of nitrogens with one attached hydrogen (secondary N) is 2. The van der Waals surface area contributed by atoms with Crippen LogP contribution in [0.3, 0.4) is 0 Å². The van der Waals surface area contributed by atoms with Crippen molar-refractivity contribution in [2.45, 2.75) is 52.5 Å². The summed E-state index contributed by atoms with van der Waals surface area (Å²) >= 11 is 0. The molecule has 0 fully saturated rings. The van der Waals surface area contributed by atoms with Crippen LogP contribution in [0.2, 0.25) is 0 Å². The van der Waals surface area contributed by atoms with Crippen molar-refractivity contribution in [2.75, 3.05) is 0 Å². The number of rotatable bonds is 7. The van der Waals surface area contributed by atoms with Gasteiger partial charge in [-0.2, -0.15) is 5.10 Å². The van der Waals surface area contributed by atoms with Crippen LogP contribution in [0.1, 0.15) is 43.1 Å². The van der Waals surface area contributed by atoms with Gasteiger partial charge < -0.3 is 10.4 Å². The zero-order valence-corrected chi connectivity index (χ0v) is 11.6. The number of carboxylic acid groups (broad SMARTS) is 1. The van der Waals surface area contributed by atoms with Crippen LogP contribution in [0.4, 0.5) is 0 Å². The maximum Gasteiger partial charge on any atom is 0.305 e. The molecule has 1 rings (SSSR count). The fraction of sp³-hybridized carbons (Fsp3) is 0.615. The Morgan fingerprint density at radius 2 is 2.11 bits per heavy atom. The van der Waals surface area contributed by atoms with E-state index in [1.807, 2.05) is 20.8 Å². The minimum Gasteiger partial charge on any atom is -0.481 e. The molecule has 6 nitrogen and oxygen atoms in total. The Labute approximate surface area is 112 Å². The first-order valence-corrected chi connectivity index (χ1v) is 6.45. The van der Waals surface area contributed by atoms with Gasteiger partial charge in [0.2, 0.25) is 5.91 Å². The van der Waals surface area contributed by atoms with Gasteiger partial charge in [0.05, 0.1) is 18.5 Å². The van der Waals surface area contributed by atoms with Gasteiger partial charge in [0.1, 0.15) is 0 Å². The summed E-state index contributed by atoms with van der Waals surface area (Å²) in [6.07, 6.45) is 1.69. The van der Waals surface area contributed by atoms with E-state index in [9.17, 15) is 9.59 Å². The predicted octanol–water partition coefficient (Wildman–Crippen LogP) is 1.33. The molecule has 3 N–H and O–H groups in total. The van der Waals surface area contributed by atoms with Crippen molar-refractivity contribution in [3.05, 3.63) is 17.0 Å². The quantitative estimate of drug-likeness (QED) is 0.694. The first-order chi connectivity index (χ1) is 8.93. The summed E-state index contributed by atoms with van der Waals surface area (Å²) in [5, 5.41) is 18.4. The fourth-order valence-electron chi connectivity index (χ4n) is 2.06. The Bertz CT molecular complexity index is 434. The van der Waals surface area contributed by atoms with Crippen molar-refractivity contribution in [1.29, 1.82) is 0 Å². The van der Waals surface area contributed by atoms with E-state index in [1.165, 1.54) is 0 Å². The van der Waals surface area contributed by atoms with Crippen molar-refractivity contribution >= 4 is 11.9 Å². The normalized spacial score (nSPS) is 12.2. The lowest BCUT2D eigenvalue weighted by Gasteiger charge is -2.16. The third-order valence-corrected chi connectivity index (χ3v) is 3.04. The number of hydrogen-bond acceptors (Lipinski definition) is 3. The molecule has 0 aliphatic heterocycles. The largest absolute Gasteiger partial charge is 0.481 e. The van der Waals surface area contributed by atoms with Gasteiger partial charge in [0, 0.05) is 17.3 Å². The molecular weight excluding hydrogens is 246 g/mol. The molecule has 0 aromatic carbocycles. The second-order valence-electron chi connectivity index (χ2n) is 4.74. The number of nitrogens with zero attached hydrogens (tertiary/aromatic N) is 1. The van der Waals surface area contributed by atoms with E-state index < -0.39 is 5.97 Å². The van der Waals surface area contributed by atoms with E-state index in [1.54, 1.807) is 0 Å². The third-order valence-electron chi connectivity index (χ3n) is 3.04. The number of carbonyl (C=O) groups is 2. The lowest BCUT2D eigenvalue weighted by Crippen LogP contribution is -2.37. The van der Waals surface area contributed by atoms with Gasteiger partial charge >= 0.3 is 5.97 Å². The number of aromatic nitrogens is 2. The third kappa shape index (κ3) is 4.73. The molecule has 106 valence electrons. The van der Waals surface area contributed by atoms with Crippen LogP contribution < -0.4 is 5.32 Å². The highest BCUT2D eigenvalue weighted by Gasteiger charge is 2.17. The summed E-state index contributed by atoms with van der Waals surface area (Å²) in [6, 6.07) is -0.303. The maximum atomic E-state index is 11.9. The van der Waals surface area contributed by atoms with Crippen LogP contribution in [0, 0.1) is 13.8 Å². The molecule has 0 unspecified atom stereocenters. The topological polar surface area (TPSA) is 95.1 Å². The number of H-pyrrole nitrogens is 1. The Morgan fingerprint density at radius 3 is 2.58 bits per heavy atom. The molecule has 1 aromatic rings. The lowest BCUT2D eigenvalue weighted by molar-refractivity contribution is -0.137. The van der Waals surface area contributed by atoms with Crippen molar-refractivity contribution in [3.63, 3.8) is 0 Å². The molecule has 0 aliphatic rings. The number of amides is 1. The van der Waals surface area contributed by atoms with Gasteiger partial charge in [0.25, 0.3) is 0 Å². The average molecular weight is 267 g/mol. The van der Waals surface area contributed by atoms with Crippen LogP contribution in [0.25, 0.3) is 0 Å². The van der Waals surface area contributed by atoms with Gasteiger partial charge in [-0.1, -0.05) is 13.3 Å². The number of aromatic amines is 1. The SMILES string of the molecule is CCC[C@H](CC(=O)O)NC(=O)Cc1c(C)n[nH]c1C. The van der Waals surface area contributed by atoms with Crippen LogP contribution in [-0.4, -0.2) is 33.2 Å². The van der Waals surface area contributed by atoms with Crippen LogP contribution in [-0.2, 0) is 16.0 Å². The van der Waals surface area contributed by atoms with E-state index >= 15 is 0 Å². The monoisotopic (exact) mass is 267 g/mol. The lowest BCUT2D eigenvalue weighted by atomic mass is 10.1. The van der Waals surface area contributed by atoms with Crippen LogP contribution in [0.5, 0.6) is 0 Å². The van der Waals surface area contributed by atoms with Crippen molar-refractivity contribution < 1.29 is 14.7 Å². The number of aliphatic carboxylic acids is 1. The molecule has 0 radical (unpaired) electrons. The molecule has 1 amide bonds. The van der Waals surface area contributed by atoms with Crippen molar-refractivity contribution in [2.24, 2.45) is 0 Å². The maximum absolute atomic E-state index is 11.9. The highest BCUT2D eigenvalue weighted by molar-refractivity contribution is 5.80. The van der Waals surface area contributed by atoms with Gasteiger partial charge in [-0.15, -0.1) is 0 Å². The highest BCUT2D eigenvalue weighted by Crippen LogP contribution is 2.10. The summed E-state index contributed by atoms with van der Waals surface area (Å²) in [7, 11) is 0. The van der Waals surface area contributed by atoms with Gasteiger partial charge in [-0.25, -0.2) is 0 Å². The van der Waals surface area contributed by atoms with E-state index in [4.69, 9.17) is 5.11 Å². The highest BCUT2D eigenvalue weighted by atomic mass is 16.4. The zero-order valence-electron chi connectivity index (χ0n) is 11.6. The number of carboxylic acids is 1. The van der Waals surface area contributed by atoms with Gasteiger partial charge in [-0.3, -0.25) is 14.7 Å². The summed E-state index contributed by atoms with van der Waals surface area (Å²) < 4.78 is 0. The predicted molar refractivity (Wildman–Crippen MR) is 70.9 cm³/mol. The molecule has 6 heteroatoms. The van der Waals surface area contributed by atoms with Gasteiger partial charge in [-0.05, 0) is 20.3 Å². The second-order valence-corrected chi connectivity index (χ2v) is 4.74. The second kappa shape index (κ2) is 6.92. The Morgan fingerprint density at radius 1 is 1.42 bits per heavy atom.